The molecule has 1 heterocycles. The minimum atomic E-state index is -0.291. The van der Waals surface area contributed by atoms with E-state index >= 15 is 0 Å². The highest BCUT2D eigenvalue weighted by atomic mass is 32.1. The molecule has 56 valence electrons. The molecule has 1 rings (SSSR count). The van der Waals surface area contributed by atoms with Gasteiger partial charge in [0.2, 0.25) is 0 Å². The predicted octanol–water partition coefficient (Wildman–Crippen LogP) is 1.42. The highest BCUT2D eigenvalue weighted by Gasteiger charge is 2.22. The minimum absolute atomic E-state index is 0.291. The molecule has 1 aromatic heterocycles. The molecule has 0 fully saturated rings. The van der Waals surface area contributed by atoms with Gasteiger partial charge in [-0.1, -0.05) is 0 Å². The number of ether oxygens (including phenoxy) is 1. The van der Waals surface area contributed by atoms with Crippen LogP contribution >= 0.6 is 11.3 Å². The van der Waals surface area contributed by atoms with Gasteiger partial charge in [0.25, 0.3) is 0 Å². The molecule has 0 atom stereocenters. The van der Waals surface area contributed by atoms with Gasteiger partial charge in [-0.3, -0.25) is 0 Å². The van der Waals surface area contributed by atoms with Crippen LogP contribution in [0.3, 0.4) is 0 Å². The molecule has 0 aliphatic carbocycles. The van der Waals surface area contributed by atoms with Gasteiger partial charge in [0.1, 0.15) is 16.1 Å². The molecule has 0 saturated heterocycles. The van der Waals surface area contributed by atoms with Gasteiger partial charge in [-0.2, -0.15) is 0 Å². The first-order valence-electron chi connectivity index (χ1n) is 2.98. The molecule has 0 saturated carbocycles. The first-order chi connectivity index (χ1) is 4.67. The molecule has 3 nitrogen and oxygen atoms in total. The molecule has 1 aromatic rings. The molecule has 0 bridgehead atoms. The van der Waals surface area contributed by atoms with Crippen molar-refractivity contribution in [2.75, 3.05) is 7.11 Å². The summed E-state index contributed by atoms with van der Waals surface area (Å²) in [7, 11) is 1.67. The van der Waals surface area contributed by atoms with Crippen molar-refractivity contribution in [3.8, 4) is 0 Å². The Morgan fingerprint density at radius 1 is 1.60 bits per heavy atom. The van der Waals surface area contributed by atoms with Gasteiger partial charge in [-0.05, 0) is 13.8 Å². The van der Waals surface area contributed by atoms with E-state index in [0.717, 1.165) is 5.01 Å². The van der Waals surface area contributed by atoms with E-state index < -0.39 is 0 Å². The van der Waals surface area contributed by atoms with Crippen LogP contribution in [0.4, 0.5) is 0 Å². The van der Waals surface area contributed by atoms with Crippen molar-refractivity contribution >= 4 is 11.3 Å². The van der Waals surface area contributed by atoms with Crippen molar-refractivity contribution < 1.29 is 4.74 Å². The maximum absolute atomic E-state index is 5.19. The van der Waals surface area contributed by atoms with E-state index in [1.54, 1.807) is 12.6 Å². The molecule has 0 aliphatic rings. The number of hydrogen-bond donors (Lipinski definition) is 0. The van der Waals surface area contributed by atoms with Crippen LogP contribution in [0.2, 0.25) is 0 Å². The number of methoxy groups -OCH3 is 1. The molecule has 4 heteroatoms. The van der Waals surface area contributed by atoms with Gasteiger partial charge in [-0.25, -0.2) is 0 Å². The van der Waals surface area contributed by atoms with E-state index in [2.05, 4.69) is 10.2 Å². The minimum Gasteiger partial charge on any atom is -0.372 e. The molecular weight excluding hydrogens is 148 g/mol. The Balaban J connectivity index is 2.85. The second-order valence-electron chi connectivity index (χ2n) is 2.46. The average molecular weight is 158 g/mol. The zero-order valence-corrected chi connectivity index (χ0v) is 7.10. The van der Waals surface area contributed by atoms with E-state index in [-0.39, 0.29) is 5.60 Å². The lowest BCUT2D eigenvalue weighted by Gasteiger charge is -2.18. The molecule has 0 amide bonds. The molecule has 0 spiro atoms. The Bertz CT molecular complexity index is 196. The largest absolute Gasteiger partial charge is 0.372 e. The summed E-state index contributed by atoms with van der Waals surface area (Å²) in [5, 5.41) is 8.54. The summed E-state index contributed by atoms with van der Waals surface area (Å²) in [5.74, 6) is 0. The van der Waals surface area contributed by atoms with Crippen LogP contribution in [0.1, 0.15) is 18.9 Å². The Labute approximate surface area is 64.1 Å². The summed E-state index contributed by atoms with van der Waals surface area (Å²) in [6, 6.07) is 0. The quantitative estimate of drug-likeness (QED) is 0.653. The third-order valence-corrected chi connectivity index (χ3v) is 2.38. The fraction of sp³-hybridized carbons (Fsp3) is 0.667. The molecule has 0 N–H and O–H groups in total. The van der Waals surface area contributed by atoms with Crippen molar-refractivity contribution in [3.63, 3.8) is 0 Å². The predicted molar refractivity (Wildman–Crippen MR) is 39.9 cm³/mol. The Morgan fingerprint density at radius 3 is 2.70 bits per heavy atom. The van der Waals surface area contributed by atoms with Crippen molar-refractivity contribution in [2.24, 2.45) is 0 Å². The lowest BCUT2D eigenvalue weighted by Crippen LogP contribution is -2.18. The van der Waals surface area contributed by atoms with Crippen molar-refractivity contribution in [1.29, 1.82) is 0 Å². The lowest BCUT2D eigenvalue weighted by atomic mass is 10.1. The van der Waals surface area contributed by atoms with Gasteiger partial charge in [-0.15, -0.1) is 21.5 Å². The maximum Gasteiger partial charge on any atom is 0.148 e. The molecule has 0 radical (unpaired) electrons. The second kappa shape index (κ2) is 2.64. The average Bonchev–Trinajstić information content (AvgIpc) is 2.38. The van der Waals surface area contributed by atoms with Gasteiger partial charge in [0, 0.05) is 7.11 Å². The van der Waals surface area contributed by atoms with Crippen LogP contribution in [-0.2, 0) is 10.3 Å². The standard InChI is InChI=1S/C6H10N2OS/c1-6(2,9-3)5-8-7-4-10-5/h4H,1-3H3. The van der Waals surface area contributed by atoms with Gasteiger partial charge in [0.05, 0.1) is 0 Å². The zero-order valence-electron chi connectivity index (χ0n) is 6.29. The number of hydrogen-bond acceptors (Lipinski definition) is 4. The van der Waals surface area contributed by atoms with E-state index in [1.807, 2.05) is 13.8 Å². The molecule has 10 heavy (non-hydrogen) atoms. The summed E-state index contributed by atoms with van der Waals surface area (Å²) in [5.41, 5.74) is 1.41. The summed E-state index contributed by atoms with van der Waals surface area (Å²) >= 11 is 1.51. The van der Waals surface area contributed by atoms with Crippen molar-refractivity contribution in [2.45, 2.75) is 19.4 Å². The van der Waals surface area contributed by atoms with Crippen molar-refractivity contribution in [3.05, 3.63) is 10.5 Å². The van der Waals surface area contributed by atoms with Gasteiger partial charge in [0.15, 0.2) is 0 Å². The first kappa shape index (κ1) is 7.63. The number of aromatic nitrogens is 2. The first-order valence-corrected chi connectivity index (χ1v) is 3.86. The molecule has 0 aliphatic heterocycles. The van der Waals surface area contributed by atoms with Crippen LogP contribution < -0.4 is 0 Å². The van der Waals surface area contributed by atoms with Crippen LogP contribution in [-0.4, -0.2) is 17.3 Å². The lowest BCUT2D eigenvalue weighted by molar-refractivity contribution is 0.0185. The smallest absolute Gasteiger partial charge is 0.148 e. The summed E-state index contributed by atoms with van der Waals surface area (Å²) in [6.07, 6.45) is 0. The third-order valence-electron chi connectivity index (χ3n) is 1.39. The van der Waals surface area contributed by atoms with E-state index in [0.29, 0.717) is 0 Å². The fourth-order valence-corrected chi connectivity index (χ4v) is 1.18. The highest BCUT2D eigenvalue weighted by Crippen LogP contribution is 2.23. The van der Waals surface area contributed by atoms with Crippen LogP contribution in [0, 0.1) is 0 Å². The van der Waals surface area contributed by atoms with E-state index in [4.69, 9.17) is 4.74 Å². The summed E-state index contributed by atoms with van der Waals surface area (Å²) in [6.45, 7) is 3.93. The Hall–Kier alpha value is -0.480. The van der Waals surface area contributed by atoms with Crippen molar-refractivity contribution in [1.82, 2.24) is 10.2 Å². The van der Waals surface area contributed by atoms with E-state index in [9.17, 15) is 0 Å². The monoisotopic (exact) mass is 158 g/mol. The molecular formula is C6H10N2OS. The molecule has 0 unspecified atom stereocenters. The summed E-state index contributed by atoms with van der Waals surface area (Å²) in [4.78, 5) is 0. The maximum atomic E-state index is 5.19. The SMILES string of the molecule is COC(C)(C)c1nncs1. The summed E-state index contributed by atoms with van der Waals surface area (Å²) < 4.78 is 5.19. The van der Waals surface area contributed by atoms with Gasteiger partial charge >= 0.3 is 0 Å². The molecule has 0 aromatic carbocycles. The van der Waals surface area contributed by atoms with Crippen LogP contribution in [0.25, 0.3) is 0 Å². The van der Waals surface area contributed by atoms with Crippen LogP contribution in [0.5, 0.6) is 0 Å². The number of rotatable bonds is 2. The fourth-order valence-electron chi connectivity index (χ4n) is 0.523. The highest BCUT2D eigenvalue weighted by molar-refractivity contribution is 7.09. The van der Waals surface area contributed by atoms with Gasteiger partial charge < -0.3 is 4.74 Å². The zero-order chi connectivity index (χ0) is 7.61. The Morgan fingerprint density at radius 2 is 2.30 bits per heavy atom. The normalized spacial score (nSPS) is 11.9. The second-order valence-corrected chi connectivity index (χ2v) is 3.29. The van der Waals surface area contributed by atoms with Crippen LogP contribution in [0.15, 0.2) is 5.51 Å². The number of nitrogens with zero attached hydrogens (tertiary/aromatic N) is 2. The third kappa shape index (κ3) is 1.33. The van der Waals surface area contributed by atoms with E-state index in [1.165, 1.54) is 11.3 Å². The Kier molecular flexibility index (Phi) is 2.01. The topological polar surface area (TPSA) is 35.0 Å².